The van der Waals surface area contributed by atoms with E-state index in [4.69, 9.17) is 0 Å². The van der Waals surface area contributed by atoms with E-state index >= 15 is 0 Å². The van der Waals surface area contributed by atoms with Gasteiger partial charge in [-0.25, -0.2) is 9.97 Å². The van der Waals surface area contributed by atoms with E-state index in [1.54, 1.807) is 6.20 Å². The van der Waals surface area contributed by atoms with E-state index in [2.05, 4.69) is 25.3 Å². The normalized spacial score (nSPS) is 12.1. The van der Waals surface area contributed by atoms with Crippen molar-refractivity contribution in [3.63, 3.8) is 0 Å². The monoisotopic (exact) mass is 247 g/mol. The number of aromatic amines is 2. The fourth-order valence-electron chi connectivity index (χ4n) is 1.46. The Morgan fingerprint density at radius 3 is 2.72 bits per heavy atom. The number of H-pyrrole nitrogens is 2. The van der Waals surface area contributed by atoms with Crippen LogP contribution in [0.2, 0.25) is 0 Å². The third-order valence-corrected chi connectivity index (χ3v) is 2.38. The molecule has 0 aromatic carbocycles. The van der Waals surface area contributed by atoms with Crippen molar-refractivity contribution in [3.8, 4) is 0 Å². The molecule has 0 spiro atoms. The zero-order valence-corrected chi connectivity index (χ0v) is 10.0. The van der Waals surface area contributed by atoms with Gasteiger partial charge in [0.25, 0.3) is 11.5 Å². The van der Waals surface area contributed by atoms with Crippen LogP contribution >= 0.6 is 0 Å². The molecule has 2 heterocycles. The van der Waals surface area contributed by atoms with Crippen LogP contribution in [-0.4, -0.2) is 25.8 Å². The number of rotatable bonds is 3. The van der Waals surface area contributed by atoms with E-state index in [-0.39, 0.29) is 23.2 Å². The van der Waals surface area contributed by atoms with Crippen molar-refractivity contribution >= 4 is 5.91 Å². The van der Waals surface area contributed by atoms with Crippen LogP contribution in [0.1, 0.15) is 35.0 Å². The van der Waals surface area contributed by atoms with E-state index in [1.165, 1.54) is 6.20 Å². The zero-order valence-electron chi connectivity index (χ0n) is 10.0. The van der Waals surface area contributed by atoms with E-state index in [0.29, 0.717) is 5.82 Å². The number of aryl methyl sites for hydroxylation is 1. The highest BCUT2D eigenvalue weighted by Crippen LogP contribution is 2.08. The summed E-state index contributed by atoms with van der Waals surface area (Å²) in [6.07, 6.45) is 4.03. The summed E-state index contributed by atoms with van der Waals surface area (Å²) in [4.78, 5) is 35.9. The van der Waals surface area contributed by atoms with Crippen molar-refractivity contribution in [2.45, 2.75) is 19.9 Å². The summed E-state index contributed by atoms with van der Waals surface area (Å²) in [7, 11) is 0. The summed E-state index contributed by atoms with van der Waals surface area (Å²) >= 11 is 0. The lowest BCUT2D eigenvalue weighted by atomic mass is 10.3. The molecule has 1 unspecified atom stereocenters. The topological polar surface area (TPSA) is 104 Å². The Morgan fingerprint density at radius 2 is 2.17 bits per heavy atom. The van der Waals surface area contributed by atoms with Crippen LogP contribution in [0.4, 0.5) is 0 Å². The molecule has 3 N–H and O–H groups in total. The molecule has 2 rings (SSSR count). The number of nitrogens with zero attached hydrogens (tertiary/aromatic N) is 2. The number of carbonyl (C=O) groups excluding carboxylic acids is 1. The molecule has 7 heteroatoms. The van der Waals surface area contributed by atoms with Crippen molar-refractivity contribution in [2.75, 3.05) is 0 Å². The number of hydrogen-bond donors (Lipinski definition) is 3. The Kier molecular flexibility index (Phi) is 3.22. The maximum Gasteiger partial charge on any atom is 0.271 e. The van der Waals surface area contributed by atoms with E-state index < -0.39 is 0 Å². The first-order chi connectivity index (χ1) is 8.56. The lowest BCUT2D eigenvalue weighted by Crippen LogP contribution is -2.28. The number of imidazole rings is 1. The largest absolute Gasteiger partial charge is 0.344 e. The Bertz CT molecular complexity index is 595. The summed E-state index contributed by atoms with van der Waals surface area (Å²) in [5.74, 6) is 0.304. The molecule has 1 atom stereocenters. The summed E-state index contributed by atoms with van der Waals surface area (Å²) in [6.45, 7) is 3.69. The first kappa shape index (κ1) is 12.0. The molecule has 0 aliphatic rings. The van der Waals surface area contributed by atoms with Gasteiger partial charge in [0.1, 0.15) is 11.5 Å². The van der Waals surface area contributed by atoms with Crippen LogP contribution in [0.25, 0.3) is 0 Å². The van der Waals surface area contributed by atoms with Crippen molar-refractivity contribution in [3.05, 3.63) is 46.2 Å². The van der Waals surface area contributed by atoms with Crippen molar-refractivity contribution in [1.29, 1.82) is 0 Å². The maximum atomic E-state index is 11.8. The first-order valence-electron chi connectivity index (χ1n) is 5.43. The summed E-state index contributed by atoms with van der Waals surface area (Å²) < 4.78 is 0. The van der Waals surface area contributed by atoms with Crippen LogP contribution in [0.5, 0.6) is 0 Å². The van der Waals surface area contributed by atoms with Gasteiger partial charge < -0.3 is 15.3 Å². The summed E-state index contributed by atoms with van der Waals surface area (Å²) in [5, 5.41) is 2.73. The Hall–Kier alpha value is -2.44. The minimum Gasteiger partial charge on any atom is -0.344 e. The van der Waals surface area contributed by atoms with Gasteiger partial charge in [0.2, 0.25) is 0 Å². The fraction of sp³-hybridized carbons (Fsp3) is 0.273. The average molecular weight is 247 g/mol. The molecule has 2 aromatic rings. The van der Waals surface area contributed by atoms with Gasteiger partial charge in [0.05, 0.1) is 12.2 Å². The van der Waals surface area contributed by atoms with Crippen molar-refractivity contribution < 1.29 is 4.79 Å². The van der Waals surface area contributed by atoms with Gasteiger partial charge in [-0.2, -0.15) is 0 Å². The Morgan fingerprint density at radius 1 is 1.39 bits per heavy atom. The molecule has 0 fully saturated rings. The van der Waals surface area contributed by atoms with Crippen LogP contribution in [0, 0.1) is 6.92 Å². The average Bonchev–Trinajstić information content (AvgIpc) is 2.76. The molecule has 2 aromatic heterocycles. The van der Waals surface area contributed by atoms with Crippen LogP contribution in [-0.2, 0) is 0 Å². The highest BCUT2D eigenvalue weighted by Gasteiger charge is 2.14. The predicted molar refractivity (Wildman–Crippen MR) is 64.1 cm³/mol. The number of carbonyl (C=O) groups is 1. The van der Waals surface area contributed by atoms with Gasteiger partial charge in [-0.3, -0.25) is 9.59 Å². The molecule has 18 heavy (non-hydrogen) atoms. The minimum atomic E-state index is -0.368. The molecule has 1 amide bonds. The van der Waals surface area contributed by atoms with Crippen LogP contribution < -0.4 is 10.9 Å². The second-order valence-electron chi connectivity index (χ2n) is 3.94. The molecule has 0 radical (unpaired) electrons. The van der Waals surface area contributed by atoms with Crippen LogP contribution in [0.15, 0.2) is 23.4 Å². The SMILES string of the molecule is Cc1cnc(C(C)NC(=O)c2c[nH]c(=O)cn2)[nH]1. The first-order valence-corrected chi connectivity index (χ1v) is 5.43. The number of hydrogen-bond acceptors (Lipinski definition) is 4. The molecule has 0 saturated heterocycles. The molecule has 7 nitrogen and oxygen atoms in total. The molecule has 0 aliphatic heterocycles. The predicted octanol–water partition coefficient (Wildman–Crippen LogP) is 0.292. The third-order valence-electron chi connectivity index (χ3n) is 2.38. The lowest BCUT2D eigenvalue weighted by molar-refractivity contribution is 0.0933. The van der Waals surface area contributed by atoms with Gasteiger partial charge >= 0.3 is 0 Å². The third kappa shape index (κ3) is 2.62. The highest BCUT2D eigenvalue weighted by molar-refractivity contribution is 5.92. The standard InChI is InChI=1S/C11H13N5O2/c1-6-3-14-10(15-6)7(2)16-11(18)8-4-13-9(17)5-12-8/h3-5,7H,1-2H3,(H,13,17)(H,14,15)(H,16,18). The van der Waals surface area contributed by atoms with Crippen molar-refractivity contribution in [2.24, 2.45) is 0 Å². The lowest BCUT2D eigenvalue weighted by Gasteiger charge is -2.10. The number of aromatic nitrogens is 4. The van der Waals surface area contributed by atoms with Gasteiger partial charge in [-0.15, -0.1) is 0 Å². The Labute approximate surface area is 103 Å². The summed E-state index contributed by atoms with van der Waals surface area (Å²) in [5.41, 5.74) is 0.735. The van der Waals surface area contributed by atoms with Gasteiger partial charge in [0.15, 0.2) is 0 Å². The fourth-order valence-corrected chi connectivity index (χ4v) is 1.46. The molecular weight excluding hydrogens is 234 g/mol. The molecule has 94 valence electrons. The second-order valence-corrected chi connectivity index (χ2v) is 3.94. The number of amides is 1. The van der Waals surface area contributed by atoms with E-state index in [9.17, 15) is 9.59 Å². The van der Waals surface area contributed by atoms with Gasteiger partial charge in [-0.1, -0.05) is 0 Å². The second kappa shape index (κ2) is 4.82. The molecule has 0 aliphatic carbocycles. The zero-order chi connectivity index (χ0) is 13.1. The molecule has 0 saturated carbocycles. The molecule has 0 bridgehead atoms. The quantitative estimate of drug-likeness (QED) is 0.725. The number of nitrogens with one attached hydrogen (secondary N) is 3. The van der Waals surface area contributed by atoms with Gasteiger partial charge in [-0.05, 0) is 13.8 Å². The molecular formula is C11H13N5O2. The van der Waals surface area contributed by atoms with Crippen LogP contribution in [0.3, 0.4) is 0 Å². The Balaban J connectivity index is 2.07. The maximum absolute atomic E-state index is 11.8. The van der Waals surface area contributed by atoms with Crippen molar-refractivity contribution in [1.82, 2.24) is 25.3 Å². The van der Waals surface area contributed by atoms with E-state index in [0.717, 1.165) is 11.9 Å². The minimum absolute atomic E-state index is 0.157. The van der Waals surface area contributed by atoms with Gasteiger partial charge in [0, 0.05) is 18.1 Å². The highest BCUT2D eigenvalue weighted by atomic mass is 16.2. The summed E-state index contributed by atoms with van der Waals surface area (Å²) in [6, 6.07) is -0.264. The van der Waals surface area contributed by atoms with E-state index in [1.807, 2.05) is 13.8 Å². The smallest absolute Gasteiger partial charge is 0.271 e.